The number of carbonyl (C=O) groups is 2. The Kier molecular flexibility index (Phi) is 4.71. The Balaban J connectivity index is 1.73. The number of carbonyl (C=O) groups excluding carboxylic acids is 2. The van der Waals surface area contributed by atoms with Crippen molar-refractivity contribution in [3.05, 3.63) is 87.3 Å². The van der Waals surface area contributed by atoms with Gasteiger partial charge in [0.05, 0.1) is 16.6 Å². The average molecular weight is 475 g/mol. The fraction of sp³-hybridized carbons (Fsp3) is 0.296. The predicted molar refractivity (Wildman–Crippen MR) is 130 cm³/mol. The van der Waals surface area contributed by atoms with Gasteiger partial charge in [0.15, 0.2) is 11.0 Å². The molecule has 7 heteroatoms. The fourth-order valence-corrected chi connectivity index (χ4v) is 6.20. The third kappa shape index (κ3) is 2.60. The summed E-state index contributed by atoms with van der Waals surface area (Å²) in [6.07, 6.45) is 6.22. The van der Waals surface area contributed by atoms with Gasteiger partial charge in [0.2, 0.25) is 5.76 Å². The molecule has 2 amide bonds. The van der Waals surface area contributed by atoms with Crippen LogP contribution in [0.15, 0.2) is 64.3 Å². The molecule has 1 aromatic heterocycles. The number of anilines is 1. The van der Waals surface area contributed by atoms with E-state index in [2.05, 4.69) is 6.58 Å². The number of benzene rings is 2. The SMILES string of the molecule is C=CCN1C(=O)C2(c3ccccc31)c1c(oc3ccc(Cl)cc3c1=O)C(=O)N2C1CCCCC1. The molecule has 1 aliphatic carbocycles. The number of para-hydroxylation sites is 1. The minimum atomic E-state index is -1.56. The summed E-state index contributed by atoms with van der Waals surface area (Å²) in [5.41, 5.74) is -0.266. The Morgan fingerprint density at radius 2 is 1.85 bits per heavy atom. The van der Waals surface area contributed by atoms with Gasteiger partial charge in [0.25, 0.3) is 11.8 Å². The van der Waals surface area contributed by atoms with Crippen LogP contribution in [-0.2, 0) is 10.3 Å². The number of hydrogen-bond acceptors (Lipinski definition) is 4. The number of hydrogen-bond donors (Lipinski definition) is 0. The van der Waals surface area contributed by atoms with Crippen molar-refractivity contribution in [3.8, 4) is 0 Å². The third-order valence-electron chi connectivity index (χ3n) is 7.38. The molecule has 1 spiro atoms. The molecule has 3 aromatic rings. The number of rotatable bonds is 3. The van der Waals surface area contributed by atoms with Gasteiger partial charge in [-0.3, -0.25) is 14.4 Å². The molecule has 2 aliphatic heterocycles. The van der Waals surface area contributed by atoms with E-state index in [9.17, 15) is 14.4 Å². The molecule has 3 heterocycles. The number of halogens is 1. The summed E-state index contributed by atoms with van der Waals surface area (Å²) in [7, 11) is 0. The van der Waals surface area contributed by atoms with Crippen LogP contribution in [0, 0.1) is 0 Å². The summed E-state index contributed by atoms with van der Waals surface area (Å²) in [6, 6.07) is 12.0. The van der Waals surface area contributed by atoms with Crippen molar-refractivity contribution in [1.29, 1.82) is 0 Å². The van der Waals surface area contributed by atoms with E-state index < -0.39 is 16.9 Å². The highest BCUT2D eigenvalue weighted by atomic mass is 35.5. The molecule has 0 bridgehead atoms. The first-order valence-corrected chi connectivity index (χ1v) is 12.0. The second-order valence-corrected chi connectivity index (χ2v) is 9.61. The van der Waals surface area contributed by atoms with Gasteiger partial charge in [-0.15, -0.1) is 6.58 Å². The minimum Gasteiger partial charge on any atom is -0.450 e. The zero-order valence-electron chi connectivity index (χ0n) is 18.6. The Bertz CT molecular complexity index is 1440. The monoisotopic (exact) mass is 474 g/mol. The van der Waals surface area contributed by atoms with Crippen LogP contribution in [0.2, 0.25) is 5.02 Å². The van der Waals surface area contributed by atoms with Gasteiger partial charge in [-0.2, -0.15) is 0 Å². The Hall–Kier alpha value is -3.38. The van der Waals surface area contributed by atoms with Crippen LogP contribution >= 0.6 is 11.6 Å². The highest BCUT2D eigenvalue weighted by molar-refractivity contribution is 6.31. The van der Waals surface area contributed by atoms with Crippen molar-refractivity contribution in [2.24, 2.45) is 0 Å². The maximum Gasteiger partial charge on any atom is 0.291 e. The van der Waals surface area contributed by atoms with Crippen molar-refractivity contribution in [2.75, 3.05) is 11.4 Å². The standard InChI is InChI=1S/C27H23ClN2O4/c1-2-14-29-20-11-7-6-10-19(20)27(26(29)33)22-23(31)18-15-16(28)12-13-21(18)34-24(22)25(32)30(27)17-8-4-3-5-9-17/h2,6-7,10-13,15,17H,1,3-5,8-9,14H2. The van der Waals surface area contributed by atoms with Crippen LogP contribution in [-0.4, -0.2) is 29.3 Å². The second kappa shape index (κ2) is 7.57. The lowest BCUT2D eigenvalue weighted by Gasteiger charge is -2.41. The van der Waals surface area contributed by atoms with Crippen LogP contribution in [0.3, 0.4) is 0 Å². The van der Waals surface area contributed by atoms with Gasteiger partial charge in [0.1, 0.15) is 5.58 Å². The lowest BCUT2D eigenvalue weighted by molar-refractivity contribution is -0.127. The highest BCUT2D eigenvalue weighted by Crippen LogP contribution is 2.54. The van der Waals surface area contributed by atoms with Crippen LogP contribution in [0.4, 0.5) is 5.69 Å². The smallest absolute Gasteiger partial charge is 0.291 e. The first kappa shape index (κ1) is 21.2. The number of amides is 2. The normalized spacial score (nSPS) is 22.0. The molecule has 1 saturated carbocycles. The molecule has 0 N–H and O–H groups in total. The Morgan fingerprint density at radius 1 is 1.09 bits per heavy atom. The second-order valence-electron chi connectivity index (χ2n) is 9.17. The molecule has 6 rings (SSSR count). The third-order valence-corrected chi connectivity index (χ3v) is 7.61. The van der Waals surface area contributed by atoms with E-state index in [4.69, 9.17) is 16.0 Å². The molecule has 1 fully saturated rings. The van der Waals surface area contributed by atoms with Crippen molar-refractivity contribution in [1.82, 2.24) is 4.90 Å². The molecule has 2 aromatic carbocycles. The first-order valence-electron chi connectivity index (χ1n) is 11.6. The van der Waals surface area contributed by atoms with Gasteiger partial charge >= 0.3 is 0 Å². The first-order chi connectivity index (χ1) is 16.5. The molecule has 6 nitrogen and oxygen atoms in total. The lowest BCUT2D eigenvalue weighted by atomic mass is 9.81. The molecule has 3 aliphatic rings. The van der Waals surface area contributed by atoms with Gasteiger partial charge in [-0.05, 0) is 37.1 Å². The van der Waals surface area contributed by atoms with Crippen LogP contribution < -0.4 is 10.3 Å². The van der Waals surface area contributed by atoms with E-state index in [1.807, 2.05) is 24.3 Å². The molecular weight excluding hydrogens is 452 g/mol. The summed E-state index contributed by atoms with van der Waals surface area (Å²) < 4.78 is 6.08. The van der Waals surface area contributed by atoms with Crippen molar-refractivity contribution in [3.63, 3.8) is 0 Å². The molecule has 172 valence electrons. The van der Waals surface area contributed by atoms with E-state index in [1.165, 1.54) is 6.07 Å². The quantitative estimate of drug-likeness (QED) is 0.500. The van der Waals surface area contributed by atoms with Crippen LogP contribution in [0.1, 0.15) is 53.8 Å². The zero-order valence-corrected chi connectivity index (χ0v) is 19.3. The number of nitrogens with zero attached hydrogens (tertiary/aromatic N) is 2. The van der Waals surface area contributed by atoms with E-state index in [0.29, 0.717) is 16.3 Å². The summed E-state index contributed by atoms with van der Waals surface area (Å²) in [5.74, 6) is -0.770. The van der Waals surface area contributed by atoms with E-state index in [-0.39, 0.29) is 40.8 Å². The van der Waals surface area contributed by atoms with Crippen LogP contribution in [0.5, 0.6) is 0 Å². The zero-order chi connectivity index (χ0) is 23.6. The van der Waals surface area contributed by atoms with E-state index >= 15 is 0 Å². The summed E-state index contributed by atoms with van der Waals surface area (Å²) in [5, 5.41) is 0.644. The Labute approximate surface area is 201 Å². The van der Waals surface area contributed by atoms with Gasteiger partial charge in [-0.1, -0.05) is 55.1 Å². The van der Waals surface area contributed by atoms with E-state index in [1.54, 1.807) is 28.0 Å². The molecule has 1 atom stereocenters. The highest BCUT2D eigenvalue weighted by Gasteiger charge is 2.66. The maximum absolute atomic E-state index is 14.4. The van der Waals surface area contributed by atoms with Gasteiger partial charge < -0.3 is 14.2 Å². The average Bonchev–Trinajstić information content (AvgIpc) is 3.25. The predicted octanol–water partition coefficient (Wildman–Crippen LogP) is 5.01. The lowest BCUT2D eigenvalue weighted by Crippen LogP contribution is -2.57. The topological polar surface area (TPSA) is 70.8 Å². The minimum absolute atomic E-state index is 0.0472. The molecule has 34 heavy (non-hydrogen) atoms. The molecular formula is C27H23ClN2O4. The molecule has 0 radical (unpaired) electrons. The summed E-state index contributed by atoms with van der Waals surface area (Å²) in [4.78, 5) is 45.7. The molecule has 1 unspecified atom stereocenters. The summed E-state index contributed by atoms with van der Waals surface area (Å²) >= 11 is 6.20. The largest absolute Gasteiger partial charge is 0.450 e. The van der Waals surface area contributed by atoms with Crippen molar-refractivity contribution >= 4 is 40.1 Å². The van der Waals surface area contributed by atoms with Crippen LogP contribution in [0.25, 0.3) is 11.0 Å². The van der Waals surface area contributed by atoms with E-state index in [0.717, 1.165) is 32.1 Å². The maximum atomic E-state index is 14.4. The Morgan fingerprint density at radius 3 is 2.62 bits per heavy atom. The molecule has 0 saturated heterocycles. The van der Waals surface area contributed by atoms with Gasteiger partial charge in [-0.25, -0.2) is 0 Å². The van der Waals surface area contributed by atoms with Crippen molar-refractivity contribution < 1.29 is 14.0 Å². The van der Waals surface area contributed by atoms with Gasteiger partial charge in [0, 0.05) is 23.2 Å². The van der Waals surface area contributed by atoms with Crippen molar-refractivity contribution in [2.45, 2.75) is 43.7 Å². The summed E-state index contributed by atoms with van der Waals surface area (Å²) in [6.45, 7) is 4.08. The number of fused-ring (bicyclic) bond motifs is 5. The fourth-order valence-electron chi connectivity index (χ4n) is 6.03.